The number of carbonyl (C=O) groups excluding carboxylic acids is 1. The molecule has 1 N–H and O–H groups in total. The van der Waals surface area contributed by atoms with Gasteiger partial charge < -0.3 is 14.7 Å². The van der Waals surface area contributed by atoms with Gasteiger partial charge in [-0.3, -0.25) is 4.79 Å². The first-order valence-electron chi connectivity index (χ1n) is 6.63. The number of phenols is 1. The van der Waals surface area contributed by atoms with E-state index in [1.165, 1.54) is 6.07 Å². The van der Waals surface area contributed by atoms with E-state index in [1.807, 2.05) is 31.1 Å². The van der Waals surface area contributed by atoms with E-state index in [4.69, 9.17) is 4.74 Å². The Balaban J connectivity index is 2.29. The number of aldehydes is 1. The summed E-state index contributed by atoms with van der Waals surface area (Å²) < 4.78 is 5.70. The third-order valence-corrected chi connectivity index (χ3v) is 3.01. The van der Waals surface area contributed by atoms with E-state index in [9.17, 15) is 9.90 Å². The van der Waals surface area contributed by atoms with Crippen molar-refractivity contribution < 1.29 is 14.6 Å². The minimum absolute atomic E-state index is 0.0345. The maximum atomic E-state index is 10.9. The molecule has 1 aromatic heterocycles. The quantitative estimate of drug-likeness (QED) is 0.825. The fraction of sp³-hybridized carbons (Fsp3) is 0.250. The van der Waals surface area contributed by atoms with E-state index in [-0.39, 0.29) is 11.3 Å². The lowest BCUT2D eigenvalue weighted by Crippen LogP contribution is -2.19. The van der Waals surface area contributed by atoms with Crippen molar-refractivity contribution in [2.24, 2.45) is 0 Å². The van der Waals surface area contributed by atoms with Crippen LogP contribution >= 0.6 is 0 Å². The number of aromatic hydroxyl groups is 1. The second-order valence-electron chi connectivity index (χ2n) is 4.90. The van der Waals surface area contributed by atoms with Crippen molar-refractivity contribution in [3.05, 3.63) is 42.1 Å². The van der Waals surface area contributed by atoms with Gasteiger partial charge in [-0.05, 0) is 43.9 Å². The van der Waals surface area contributed by atoms with E-state index in [0.717, 1.165) is 17.7 Å². The Morgan fingerprint density at radius 2 is 2.14 bits per heavy atom. The molecule has 0 aliphatic rings. The summed E-state index contributed by atoms with van der Waals surface area (Å²) in [5.74, 6) is 0.481. The van der Waals surface area contributed by atoms with Gasteiger partial charge in [0.15, 0.2) is 6.29 Å². The number of phenolic OH excluding ortho intramolecular Hbond substituents is 1. The summed E-state index contributed by atoms with van der Waals surface area (Å²) in [7, 11) is 3.94. The number of hydrogen-bond donors (Lipinski definition) is 1. The lowest BCUT2D eigenvalue weighted by Gasteiger charge is -2.13. The number of carbonyl (C=O) groups is 1. The standard InChI is InChI=1S/C16H18N2O3/c1-18(2)8-9-21-16-14(4-3-7-17-16)12-5-6-15(20)13(10-12)11-19/h3-7,10-11,20H,8-9H2,1-2H3. The minimum atomic E-state index is -0.0345. The van der Waals surface area contributed by atoms with E-state index in [1.54, 1.807) is 18.3 Å². The van der Waals surface area contributed by atoms with Crippen LogP contribution < -0.4 is 4.74 Å². The molecule has 110 valence electrons. The lowest BCUT2D eigenvalue weighted by molar-refractivity contribution is 0.112. The summed E-state index contributed by atoms with van der Waals surface area (Å²) in [5, 5.41) is 9.57. The summed E-state index contributed by atoms with van der Waals surface area (Å²) in [5.41, 5.74) is 1.82. The normalized spacial score (nSPS) is 10.6. The molecule has 0 bridgehead atoms. The van der Waals surface area contributed by atoms with Crippen LogP contribution in [0.25, 0.3) is 11.1 Å². The zero-order valence-corrected chi connectivity index (χ0v) is 12.1. The summed E-state index contributed by atoms with van der Waals surface area (Å²) in [6.45, 7) is 1.31. The lowest BCUT2D eigenvalue weighted by atomic mass is 10.0. The van der Waals surface area contributed by atoms with E-state index in [2.05, 4.69) is 4.98 Å². The zero-order chi connectivity index (χ0) is 15.2. The third-order valence-electron chi connectivity index (χ3n) is 3.01. The summed E-state index contributed by atoms with van der Waals surface area (Å²) in [6.07, 6.45) is 2.29. The largest absolute Gasteiger partial charge is 0.507 e. The molecule has 1 aromatic carbocycles. The molecule has 0 aliphatic carbocycles. The molecule has 0 amide bonds. The molecule has 0 spiro atoms. The van der Waals surface area contributed by atoms with E-state index >= 15 is 0 Å². The molecule has 2 aromatic rings. The summed E-state index contributed by atoms with van der Waals surface area (Å²) in [4.78, 5) is 17.2. The van der Waals surface area contributed by atoms with Crippen LogP contribution in [0, 0.1) is 0 Å². The molecule has 0 saturated carbocycles. The van der Waals surface area contributed by atoms with E-state index in [0.29, 0.717) is 18.8 Å². The highest BCUT2D eigenvalue weighted by atomic mass is 16.5. The molecule has 5 heteroatoms. The molecule has 0 radical (unpaired) electrons. The number of hydrogen-bond acceptors (Lipinski definition) is 5. The Labute approximate surface area is 123 Å². The second-order valence-corrected chi connectivity index (χ2v) is 4.90. The van der Waals surface area contributed by atoms with Crippen LogP contribution in [0.3, 0.4) is 0 Å². The highest BCUT2D eigenvalue weighted by Crippen LogP contribution is 2.30. The monoisotopic (exact) mass is 286 g/mol. The van der Waals surface area contributed by atoms with Crippen molar-refractivity contribution in [2.75, 3.05) is 27.2 Å². The number of aromatic nitrogens is 1. The van der Waals surface area contributed by atoms with Gasteiger partial charge in [0.2, 0.25) is 5.88 Å². The number of rotatable bonds is 6. The SMILES string of the molecule is CN(C)CCOc1ncccc1-c1ccc(O)c(C=O)c1. The Morgan fingerprint density at radius 1 is 1.33 bits per heavy atom. The van der Waals surface area contributed by atoms with Gasteiger partial charge in [-0.25, -0.2) is 4.98 Å². The smallest absolute Gasteiger partial charge is 0.221 e. The number of pyridine rings is 1. The molecule has 0 saturated heterocycles. The topological polar surface area (TPSA) is 62.7 Å². The fourth-order valence-electron chi connectivity index (χ4n) is 1.87. The van der Waals surface area contributed by atoms with Crippen molar-refractivity contribution in [2.45, 2.75) is 0 Å². The van der Waals surface area contributed by atoms with Gasteiger partial charge in [0.1, 0.15) is 12.4 Å². The van der Waals surface area contributed by atoms with Gasteiger partial charge in [-0.2, -0.15) is 0 Å². The van der Waals surface area contributed by atoms with Gasteiger partial charge in [0.25, 0.3) is 0 Å². The van der Waals surface area contributed by atoms with Crippen molar-refractivity contribution in [3.8, 4) is 22.8 Å². The Kier molecular flexibility index (Phi) is 4.90. The molecule has 5 nitrogen and oxygen atoms in total. The van der Waals surface area contributed by atoms with Crippen LogP contribution in [0.1, 0.15) is 10.4 Å². The van der Waals surface area contributed by atoms with Crippen molar-refractivity contribution in [3.63, 3.8) is 0 Å². The van der Waals surface area contributed by atoms with Crippen LogP contribution in [-0.2, 0) is 0 Å². The zero-order valence-electron chi connectivity index (χ0n) is 12.1. The molecule has 0 unspecified atom stereocenters. The number of nitrogens with zero attached hydrogens (tertiary/aromatic N) is 2. The van der Waals surface area contributed by atoms with Gasteiger partial charge in [-0.15, -0.1) is 0 Å². The second kappa shape index (κ2) is 6.85. The molecule has 0 aliphatic heterocycles. The highest BCUT2D eigenvalue weighted by molar-refractivity contribution is 5.83. The van der Waals surface area contributed by atoms with E-state index < -0.39 is 0 Å². The third kappa shape index (κ3) is 3.79. The fourth-order valence-corrected chi connectivity index (χ4v) is 1.87. The van der Waals surface area contributed by atoms with Gasteiger partial charge in [0, 0.05) is 18.3 Å². The number of benzene rings is 1. The molecule has 0 atom stereocenters. The molecule has 2 rings (SSSR count). The van der Waals surface area contributed by atoms with Crippen molar-refractivity contribution in [1.29, 1.82) is 0 Å². The Hall–Kier alpha value is -2.40. The average Bonchev–Trinajstić information content (AvgIpc) is 2.48. The van der Waals surface area contributed by atoms with Crippen LogP contribution in [0.15, 0.2) is 36.5 Å². The first-order valence-corrected chi connectivity index (χ1v) is 6.63. The Bertz CT molecular complexity index is 627. The van der Waals surface area contributed by atoms with Crippen LogP contribution in [0.5, 0.6) is 11.6 Å². The Morgan fingerprint density at radius 3 is 2.86 bits per heavy atom. The van der Waals surface area contributed by atoms with Gasteiger partial charge in [-0.1, -0.05) is 6.07 Å². The molecular formula is C16H18N2O3. The molecule has 1 heterocycles. The first-order chi connectivity index (χ1) is 10.1. The van der Waals surface area contributed by atoms with Crippen molar-refractivity contribution >= 4 is 6.29 Å². The predicted octanol–water partition coefficient (Wildman–Crippen LogP) is 2.21. The summed E-state index contributed by atoms with van der Waals surface area (Å²) >= 11 is 0. The van der Waals surface area contributed by atoms with Gasteiger partial charge in [0.05, 0.1) is 5.56 Å². The highest BCUT2D eigenvalue weighted by Gasteiger charge is 2.10. The molecule has 0 fully saturated rings. The van der Waals surface area contributed by atoms with Crippen LogP contribution in [0.4, 0.5) is 0 Å². The minimum Gasteiger partial charge on any atom is -0.507 e. The maximum absolute atomic E-state index is 10.9. The predicted molar refractivity (Wildman–Crippen MR) is 80.8 cm³/mol. The average molecular weight is 286 g/mol. The first kappa shape index (κ1) is 15.0. The number of ether oxygens (including phenoxy) is 1. The van der Waals surface area contributed by atoms with Crippen molar-refractivity contribution in [1.82, 2.24) is 9.88 Å². The van der Waals surface area contributed by atoms with Crippen LogP contribution in [-0.4, -0.2) is 48.5 Å². The van der Waals surface area contributed by atoms with Crippen LogP contribution in [0.2, 0.25) is 0 Å². The molecular weight excluding hydrogens is 268 g/mol. The summed E-state index contributed by atoms with van der Waals surface area (Å²) in [6, 6.07) is 8.53. The molecule has 21 heavy (non-hydrogen) atoms. The maximum Gasteiger partial charge on any atom is 0.221 e. The number of likely N-dealkylation sites (N-methyl/N-ethyl adjacent to an activating group) is 1. The van der Waals surface area contributed by atoms with Gasteiger partial charge >= 0.3 is 0 Å².